The zero-order valence-corrected chi connectivity index (χ0v) is 20.8. The van der Waals surface area contributed by atoms with Crippen molar-refractivity contribution in [1.82, 2.24) is 4.90 Å². The van der Waals surface area contributed by atoms with Crippen molar-refractivity contribution in [2.24, 2.45) is 11.3 Å². The Kier molecular flexibility index (Phi) is 7.52. The SMILES string of the molecule is CCCN1CCN(c2ccc(N3CCCCC3)cc2C2CCC(C(C)(C)C)CC2)CC1. The third kappa shape index (κ3) is 5.59. The average Bonchev–Trinajstić information content (AvgIpc) is 2.80. The monoisotopic (exact) mass is 425 g/mol. The lowest BCUT2D eigenvalue weighted by molar-refractivity contribution is 0.169. The summed E-state index contributed by atoms with van der Waals surface area (Å²) < 4.78 is 0. The normalized spacial score (nSPS) is 26.3. The molecule has 174 valence electrons. The van der Waals surface area contributed by atoms with Crippen molar-refractivity contribution in [1.29, 1.82) is 0 Å². The Morgan fingerprint density at radius 1 is 0.806 bits per heavy atom. The second-order valence-corrected chi connectivity index (χ2v) is 11.5. The van der Waals surface area contributed by atoms with Gasteiger partial charge in [-0.25, -0.2) is 0 Å². The number of piperidine rings is 1. The Morgan fingerprint density at radius 3 is 2.10 bits per heavy atom. The summed E-state index contributed by atoms with van der Waals surface area (Å²) in [6, 6.07) is 7.54. The van der Waals surface area contributed by atoms with Gasteiger partial charge in [0.1, 0.15) is 0 Å². The van der Waals surface area contributed by atoms with Gasteiger partial charge in [0.15, 0.2) is 0 Å². The molecule has 1 aromatic rings. The molecule has 2 aliphatic heterocycles. The van der Waals surface area contributed by atoms with E-state index in [1.165, 1.54) is 103 Å². The molecule has 0 amide bonds. The van der Waals surface area contributed by atoms with Crippen LogP contribution in [0.1, 0.15) is 90.5 Å². The molecule has 2 heterocycles. The molecule has 0 spiro atoms. The summed E-state index contributed by atoms with van der Waals surface area (Å²) in [7, 11) is 0. The van der Waals surface area contributed by atoms with E-state index >= 15 is 0 Å². The van der Waals surface area contributed by atoms with Gasteiger partial charge in [-0.05, 0) is 98.9 Å². The number of rotatable bonds is 5. The van der Waals surface area contributed by atoms with Gasteiger partial charge in [-0.2, -0.15) is 0 Å². The van der Waals surface area contributed by atoms with Gasteiger partial charge in [-0.3, -0.25) is 4.90 Å². The molecular formula is C28H47N3. The lowest BCUT2D eigenvalue weighted by Gasteiger charge is -2.41. The highest BCUT2D eigenvalue weighted by molar-refractivity contribution is 5.63. The van der Waals surface area contributed by atoms with Gasteiger partial charge in [0.05, 0.1) is 0 Å². The molecule has 0 aromatic heterocycles. The molecule has 2 saturated heterocycles. The summed E-state index contributed by atoms with van der Waals surface area (Å²) in [6.07, 6.45) is 10.9. The maximum atomic E-state index is 2.71. The van der Waals surface area contributed by atoms with Crippen LogP contribution >= 0.6 is 0 Å². The van der Waals surface area contributed by atoms with Crippen molar-refractivity contribution in [2.75, 3.05) is 55.6 Å². The zero-order valence-electron chi connectivity index (χ0n) is 20.8. The quantitative estimate of drug-likeness (QED) is 0.531. The fourth-order valence-electron chi connectivity index (χ4n) is 6.30. The molecule has 0 bridgehead atoms. The predicted octanol–water partition coefficient (Wildman–Crippen LogP) is 6.53. The first kappa shape index (κ1) is 23.0. The van der Waals surface area contributed by atoms with Crippen LogP contribution < -0.4 is 9.80 Å². The summed E-state index contributed by atoms with van der Waals surface area (Å²) in [5.74, 6) is 1.63. The van der Waals surface area contributed by atoms with Crippen LogP contribution in [-0.2, 0) is 0 Å². The highest BCUT2D eigenvalue weighted by Gasteiger charge is 2.32. The fraction of sp³-hybridized carbons (Fsp3) is 0.786. The van der Waals surface area contributed by atoms with E-state index in [0.29, 0.717) is 5.41 Å². The lowest BCUT2D eigenvalue weighted by atomic mass is 9.68. The minimum Gasteiger partial charge on any atom is -0.372 e. The lowest BCUT2D eigenvalue weighted by Crippen LogP contribution is -2.47. The zero-order chi connectivity index (χ0) is 21.8. The molecule has 0 radical (unpaired) electrons. The van der Waals surface area contributed by atoms with E-state index < -0.39 is 0 Å². The van der Waals surface area contributed by atoms with E-state index in [-0.39, 0.29) is 0 Å². The smallest absolute Gasteiger partial charge is 0.0404 e. The summed E-state index contributed by atoms with van der Waals surface area (Å²) in [5.41, 5.74) is 5.16. The van der Waals surface area contributed by atoms with Crippen LogP contribution in [-0.4, -0.2) is 50.7 Å². The molecule has 0 N–H and O–H groups in total. The number of benzene rings is 1. The van der Waals surface area contributed by atoms with Gasteiger partial charge in [0, 0.05) is 50.6 Å². The number of anilines is 2. The Balaban J connectivity index is 1.54. The van der Waals surface area contributed by atoms with Crippen molar-refractivity contribution < 1.29 is 0 Å². The van der Waals surface area contributed by atoms with E-state index in [1.54, 1.807) is 11.3 Å². The number of piperazine rings is 1. The Bertz CT molecular complexity index is 685. The molecule has 1 aromatic carbocycles. The minimum atomic E-state index is 0.457. The van der Waals surface area contributed by atoms with Crippen molar-refractivity contribution in [3.63, 3.8) is 0 Å². The minimum absolute atomic E-state index is 0.457. The van der Waals surface area contributed by atoms with Crippen LogP contribution in [0.2, 0.25) is 0 Å². The molecule has 3 nitrogen and oxygen atoms in total. The van der Waals surface area contributed by atoms with Crippen LogP contribution in [0.4, 0.5) is 11.4 Å². The Labute approximate surface area is 192 Å². The highest BCUT2D eigenvalue weighted by atomic mass is 15.3. The predicted molar refractivity (Wildman–Crippen MR) is 136 cm³/mol. The van der Waals surface area contributed by atoms with E-state index in [9.17, 15) is 0 Å². The molecule has 3 heteroatoms. The topological polar surface area (TPSA) is 9.72 Å². The van der Waals surface area contributed by atoms with E-state index in [1.807, 2.05) is 0 Å². The van der Waals surface area contributed by atoms with E-state index in [4.69, 9.17) is 0 Å². The van der Waals surface area contributed by atoms with Gasteiger partial charge in [0.2, 0.25) is 0 Å². The molecule has 3 fully saturated rings. The van der Waals surface area contributed by atoms with Crippen LogP contribution in [0.5, 0.6) is 0 Å². The van der Waals surface area contributed by atoms with Gasteiger partial charge in [0.25, 0.3) is 0 Å². The van der Waals surface area contributed by atoms with Crippen molar-refractivity contribution in [2.45, 2.75) is 85.0 Å². The van der Waals surface area contributed by atoms with Gasteiger partial charge >= 0.3 is 0 Å². The van der Waals surface area contributed by atoms with E-state index in [2.05, 4.69) is 60.6 Å². The van der Waals surface area contributed by atoms with Crippen LogP contribution in [0.3, 0.4) is 0 Å². The molecule has 31 heavy (non-hydrogen) atoms. The first-order valence-corrected chi connectivity index (χ1v) is 13.3. The van der Waals surface area contributed by atoms with E-state index in [0.717, 1.165) is 11.8 Å². The second-order valence-electron chi connectivity index (χ2n) is 11.5. The molecular weight excluding hydrogens is 378 g/mol. The summed E-state index contributed by atoms with van der Waals surface area (Å²) in [5, 5.41) is 0. The molecule has 0 unspecified atom stereocenters. The third-order valence-electron chi connectivity index (χ3n) is 8.38. The van der Waals surface area contributed by atoms with Gasteiger partial charge < -0.3 is 9.80 Å². The number of hydrogen-bond donors (Lipinski definition) is 0. The highest BCUT2D eigenvalue weighted by Crippen LogP contribution is 2.46. The van der Waals surface area contributed by atoms with Gasteiger partial charge in [-0.15, -0.1) is 0 Å². The molecule has 1 aliphatic carbocycles. The Hall–Kier alpha value is -1.22. The van der Waals surface area contributed by atoms with Crippen molar-refractivity contribution >= 4 is 11.4 Å². The summed E-state index contributed by atoms with van der Waals surface area (Å²) >= 11 is 0. The fourth-order valence-corrected chi connectivity index (χ4v) is 6.30. The van der Waals surface area contributed by atoms with Crippen molar-refractivity contribution in [3.05, 3.63) is 23.8 Å². The maximum Gasteiger partial charge on any atom is 0.0404 e. The molecule has 1 saturated carbocycles. The largest absolute Gasteiger partial charge is 0.372 e. The number of nitrogens with zero attached hydrogens (tertiary/aromatic N) is 3. The van der Waals surface area contributed by atoms with Crippen LogP contribution in [0.25, 0.3) is 0 Å². The first-order valence-electron chi connectivity index (χ1n) is 13.3. The molecule has 4 rings (SSSR count). The number of hydrogen-bond acceptors (Lipinski definition) is 3. The Morgan fingerprint density at radius 2 is 1.48 bits per heavy atom. The third-order valence-corrected chi connectivity index (χ3v) is 8.38. The van der Waals surface area contributed by atoms with Crippen molar-refractivity contribution in [3.8, 4) is 0 Å². The maximum absolute atomic E-state index is 2.71. The average molecular weight is 426 g/mol. The second kappa shape index (κ2) is 10.1. The summed E-state index contributed by atoms with van der Waals surface area (Å²) in [4.78, 5) is 8.00. The van der Waals surface area contributed by atoms with Gasteiger partial charge in [-0.1, -0.05) is 27.7 Å². The molecule has 0 atom stereocenters. The first-order chi connectivity index (χ1) is 15.0. The standard InChI is InChI=1S/C28H47N3/c1-5-15-29-18-20-31(21-19-29)27-14-13-25(30-16-7-6-8-17-30)22-26(27)23-9-11-24(12-10-23)28(2,3)4/h13-14,22-24H,5-12,15-21H2,1-4H3. The van der Waals surface area contributed by atoms with Crippen LogP contribution in [0.15, 0.2) is 18.2 Å². The van der Waals surface area contributed by atoms with Crippen LogP contribution in [0, 0.1) is 11.3 Å². The summed E-state index contributed by atoms with van der Waals surface area (Å²) in [6.45, 7) is 18.2. The molecule has 3 aliphatic rings.